The van der Waals surface area contributed by atoms with Gasteiger partial charge in [0.25, 0.3) is 5.91 Å². The fourth-order valence-corrected chi connectivity index (χ4v) is 2.34. The van der Waals surface area contributed by atoms with E-state index in [9.17, 15) is 9.59 Å². The van der Waals surface area contributed by atoms with Crippen molar-refractivity contribution in [2.75, 3.05) is 10.6 Å². The lowest BCUT2D eigenvalue weighted by Gasteiger charge is -2.11. The molecule has 2 rings (SSSR count). The van der Waals surface area contributed by atoms with Crippen molar-refractivity contribution in [2.24, 2.45) is 5.92 Å². The van der Waals surface area contributed by atoms with E-state index in [2.05, 4.69) is 34.7 Å². The number of hydrogen-bond donors (Lipinski definition) is 3. The number of amides is 2. The summed E-state index contributed by atoms with van der Waals surface area (Å²) in [4.78, 5) is 23.7. The zero-order valence-electron chi connectivity index (χ0n) is 13.9. The van der Waals surface area contributed by atoms with E-state index < -0.39 is 0 Å². The minimum atomic E-state index is -0.232. The average Bonchev–Trinajstić information content (AvgIpc) is 2.86. The van der Waals surface area contributed by atoms with Crippen LogP contribution in [-0.4, -0.2) is 22.0 Å². The first kappa shape index (κ1) is 16.7. The van der Waals surface area contributed by atoms with Gasteiger partial charge in [-0.05, 0) is 37.0 Å². The Morgan fingerprint density at radius 1 is 1.26 bits per heavy atom. The van der Waals surface area contributed by atoms with Gasteiger partial charge in [0.2, 0.25) is 5.91 Å². The summed E-state index contributed by atoms with van der Waals surface area (Å²) in [6.45, 7) is 7.51. The average molecular weight is 314 g/mol. The van der Waals surface area contributed by atoms with Crippen LogP contribution in [-0.2, 0) is 11.2 Å². The second-order valence-corrected chi connectivity index (χ2v) is 6.03. The summed E-state index contributed by atoms with van der Waals surface area (Å²) in [5.74, 6) is 0.679. The second-order valence-electron chi connectivity index (χ2n) is 6.03. The molecule has 0 unspecified atom stereocenters. The Labute approximate surface area is 135 Å². The van der Waals surface area contributed by atoms with Crippen molar-refractivity contribution in [1.29, 1.82) is 0 Å². The van der Waals surface area contributed by atoms with Crippen LogP contribution >= 0.6 is 0 Å². The summed E-state index contributed by atoms with van der Waals surface area (Å²) in [5.41, 5.74) is 2.92. The number of nitrogens with zero attached hydrogens (tertiary/aromatic N) is 1. The molecule has 6 nitrogen and oxygen atoms in total. The van der Waals surface area contributed by atoms with Gasteiger partial charge in [0.1, 0.15) is 5.82 Å². The van der Waals surface area contributed by atoms with Crippen LogP contribution in [0.1, 0.15) is 42.3 Å². The molecule has 0 fully saturated rings. The molecular formula is C17H22N4O2. The van der Waals surface area contributed by atoms with Gasteiger partial charge < -0.3 is 10.6 Å². The lowest BCUT2D eigenvalue weighted by Crippen LogP contribution is -2.16. The van der Waals surface area contributed by atoms with E-state index in [4.69, 9.17) is 0 Å². The molecule has 1 heterocycles. The Balaban J connectivity index is 2.21. The highest BCUT2D eigenvalue weighted by Gasteiger charge is 2.14. The third-order valence-corrected chi connectivity index (χ3v) is 3.39. The monoisotopic (exact) mass is 314 g/mol. The van der Waals surface area contributed by atoms with E-state index >= 15 is 0 Å². The molecular weight excluding hydrogens is 292 g/mol. The number of hydrogen-bond acceptors (Lipinski definition) is 3. The highest BCUT2D eigenvalue weighted by Crippen LogP contribution is 2.20. The van der Waals surface area contributed by atoms with E-state index in [0.717, 1.165) is 17.5 Å². The Hall–Kier alpha value is -2.63. The Morgan fingerprint density at radius 2 is 2.00 bits per heavy atom. The third-order valence-electron chi connectivity index (χ3n) is 3.39. The molecule has 2 amide bonds. The Kier molecular flexibility index (Phi) is 5.16. The molecule has 2 aromatic rings. The first-order valence-electron chi connectivity index (χ1n) is 7.58. The summed E-state index contributed by atoms with van der Waals surface area (Å²) < 4.78 is 0. The number of carbonyl (C=O) groups excluding carboxylic acids is 2. The highest BCUT2D eigenvalue weighted by molar-refractivity contribution is 6.06. The first-order chi connectivity index (χ1) is 10.9. The number of anilines is 2. The smallest absolute Gasteiger partial charge is 0.257 e. The molecule has 0 saturated heterocycles. The van der Waals surface area contributed by atoms with E-state index in [1.807, 2.05) is 13.0 Å². The van der Waals surface area contributed by atoms with Crippen LogP contribution in [0.25, 0.3) is 0 Å². The van der Waals surface area contributed by atoms with Crippen molar-refractivity contribution < 1.29 is 9.59 Å². The van der Waals surface area contributed by atoms with Gasteiger partial charge in [0.15, 0.2) is 0 Å². The maximum Gasteiger partial charge on any atom is 0.257 e. The summed E-state index contributed by atoms with van der Waals surface area (Å²) in [5, 5.41) is 12.4. The standard InChI is InChI=1S/C17H22N4O2/c1-10(2)7-13-9-18-21-16(13)20-17(23)15-8-14(19-12(4)22)6-5-11(15)3/h5-6,8-10H,7H2,1-4H3,(H,19,22)(H2,18,20,21,23). The number of aromatic nitrogens is 2. The molecule has 0 aliphatic rings. The molecule has 0 spiro atoms. The van der Waals surface area contributed by atoms with Gasteiger partial charge in [-0.15, -0.1) is 0 Å². The molecule has 0 aliphatic carbocycles. The SMILES string of the molecule is CC(=O)Nc1ccc(C)c(C(=O)Nc2[nH]ncc2CC(C)C)c1. The molecule has 1 aromatic carbocycles. The maximum absolute atomic E-state index is 12.5. The van der Waals surface area contributed by atoms with Crippen molar-refractivity contribution in [3.05, 3.63) is 41.1 Å². The van der Waals surface area contributed by atoms with Crippen molar-refractivity contribution in [1.82, 2.24) is 10.2 Å². The van der Waals surface area contributed by atoms with Gasteiger partial charge in [-0.1, -0.05) is 19.9 Å². The normalized spacial score (nSPS) is 10.7. The summed E-state index contributed by atoms with van der Waals surface area (Å²) in [6.07, 6.45) is 2.56. The van der Waals surface area contributed by atoms with Crippen LogP contribution < -0.4 is 10.6 Å². The zero-order valence-corrected chi connectivity index (χ0v) is 13.9. The maximum atomic E-state index is 12.5. The molecule has 23 heavy (non-hydrogen) atoms. The van der Waals surface area contributed by atoms with Crippen molar-refractivity contribution in [3.63, 3.8) is 0 Å². The number of carbonyl (C=O) groups is 2. The van der Waals surface area contributed by atoms with Crippen molar-refractivity contribution in [2.45, 2.75) is 34.1 Å². The second kappa shape index (κ2) is 7.09. The molecule has 0 bridgehead atoms. The number of benzene rings is 1. The lowest BCUT2D eigenvalue weighted by atomic mass is 10.0. The van der Waals surface area contributed by atoms with Gasteiger partial charge in [-0.2, -0.15) is 5.10 Å². The van der Waals surface area contributed by atoms with Crippen LogP contribution in [0.5, 0.6) is 0 Å². The summed E-state index contributed by atoms with van der Waals surface area (Å²) >= 11 is 0. The number of H-pyrrole nitrogens is 1. The summed E-state index contributed by atoms with van der Waals surface area (Å²) in [7, 11) is 0. The molecule has 0 saturated carbocycles. The first-order valence-corrected chi connectivity index (χ1v) is 7.58. The van der Waals surface area contributed by atoms with Crippen LogP contribution in [0.3, 0.4) is 0 Å². The fourth-order valence-electron chi connectivity index (χ4n) is 2.34. The van der Waals surface area contributed by atoms with Gasteiger partial charge in [0.05, 0.1) is 6.20 Å². The number of aromatic amines is 1. The van der Waals surface area contributed by atoms with Gasteiger partial charge in [-0.3, -0.25) is 14.7 Å². The number of nitrogens with one attached hydrogen (secondary N) is 3. The quantitative estimate of drug-likeness (QED) is 0.792. The lowest BCUT2D eigenvalue weighted by molar-refractivity contribution is -0.114. The van der Waals surface area contributed by atoms with Crippen molar-refractivity contribution in [3.8, 4) is 0 Å². The van der Waals surface area contributed by atoms with Crippen LogP contribution in [0.4, 0.5) is 11.5 Å². The number of rotatable bonds is 5. The van der Waals surface area contributed by atoms with E-state index in [1.54, 1.807) is 18.3 Å². The molecule has 0 atom stereocenters. The molecule has 0 radical (unpaired) electrons. The van der Waals surface area contributed by atoms with E-state index in [1.165, 1.54) is 6.92 Å². The topological polar surface area (TPSA) is 86.9 Å². The van der Waals surface area contributed by atoms with Crippen LogP contribution in [0, 0.1) is 12.8 Å². The predicted molar refractivity (Wildman–Crippen MR) is 90.6 cm³/mol. The predicted octanol–water partition coefficient (Wildman–Crippen LogP) is 3.13. The highest BCUT2D eigenvalue weighted by atomic mass is 16.2. The Morgan fingerprint density at radius 3 is 2.65 bits per heavy atom. The van der Waals surface area contributed by atoms with E-state index in [-0.39, 0.29) is 11.8 Å². The van der Waals surface area contributed by atoms with Crippen molar-refractivity contribution >= 4 is 23.3 Å². The minimum Gasteiger partial charge on any atom is -0.326 e. The van der Waals surface area contributed by atoms with Gasteiger partial charge >= 0.3 is 0 Å². The molecule has 3 N–H and O–H groups in total. The third kappa shape index (κ3) is 4.42. The largest absolute Gasteiger partial charge is 0.326 e. The molecule has 122 valence electrons. The molecule has 0 aliphatic heterocycles. The van der Waals surface area contributed by atoms with Gasteiger partial charge in [-0.25, -0.2) is 0 Å². The fraction of sp³-hybridized carbons (Fsp3) is 0.353. The molecule has 1 aromatic heterocycles. The summed E-state index contributed by atoms with van der Waals surface area (Å²) in [6, 6.07) is 5.25. The zero-order chi connectivity index (χ0) is 17.0. The Bertz CT molecular complexity index is 719. The van der Waals surface area contributed by atoms with Crippen LogP contribution in [0.15, 0.2) is 24.4 Å². The number of aryl methyl sites for hydroxylation is 1. The van der Waals surface area contributed by atoms with Crippen LogP contribution in [0.2, 0.25) is 0 Å². The van der Waals surface area contributed by atoms with E-state index in [0.29, 0.717) is 23.0 Å². The van der Waals surface area contributed by atoms with Gasteiger partial charge in [0, 0.05) is 23.7 Å². The minimum absolute atomic E-state index is 0.173. The molecule has 6 heteroatoms.